The van der Waals surface area contributed by atoms with Gasteiger partial charge in [-0.3, -0.25) is 4.99 Å². The zero-order chi connectivity index (χ0) is 6.41. The number of hydrogen-bond donors (Lipinski definition) is 1. The van der Waals surface area contributed by atoms with Crippen LogP contribution in [0.15, 0.2) is 29.4 Å². The molecule has 0 amide bonds. The van der Waals surface area contributed by atoms with Crippen molar-refractivity contribution in [1.29, 1.82) is 0 Å². The fourth-order valence-electron chi connectivity index (χ4n) is 0.313. The minimum atomic E-state index is 0.840. The Balaban J connectivity index is 3.91. The van der Waals surface area contributed by atoms with Gasteiger partial charge in [-0.05, 0) is 0 Å². The maximum absolute atomic E-state index is 5.14. The first-order valence-corrected chi connectivity index (χ1v) is 2.31. The highest BCUT2D eigenvalue weighted by molar-refractivity contribution is 5.81. The van der Waals surface area contributed by atoms with Crippen LogP contribution in [0, 0.1) is 0 Å². The maximum Gasteiger partial charge on any atom is 0.0295 e. The molecule has 0 atom stereocenters. The van der Waals surface area contributed by atoms with Crippen LogP contribution in [0.3, 0.4) is 0 Å². The standard InChI is InChI=1S/C6H10N2/c1-3-6(4-7)5-8-2/h3-5H,1,7H2,2H3/b6-4-,8-5?. The van der Waals surface area contributed by atoms with Gasteiger partial charge >= 0.3 is 0 Å². The highest BCUT2D eigenvalue weighted by Crippen LogP contribution is 1.84. The number of rotatable bonds is 2. The molecule has 0 aromatic heterocycles. The maximum atomic E-state index is 5.14. The summed E-state index contributed by atoms with van der Waals surface area (Å²) in [5.74, 6) is 0. The van der Waals surface area contributed by atoms with Crippen LogP contribution in [-0.4, -0.2) is 13.3 Å². The number of nitrogens with two attached hydrogens (primary N) is 1. The van der Waals surface area contributed by atoms with Gasteiger partial charge in [0.15, 0.2) is 0 Å². The fourth-order valence-corrected chi connectivity index (χ4v) is 0.313. The third-order valence-electron chi connectivity index (χ3n) is 0.706. The first-order chi connectivity index (χ1) is 3.85. The second-order valence-electron chi connectivity index (χ2n) is 1.26. The highest BCUT2D eigenvalue weighted by Gasteiger charge is 1.76. The van der Waals surface area contributed by atoms with Crippen molar-refractivity contribution in [3.8, 4) is 0 Å². The van der Waals surface area contributed by atoms with Crippen LogP contribution in [0.5, 0.6) is 0 Å². The highest BCUT2D eigenvalue weighted by atomic mass is 14.6. The van der Waals surface area contributed by atoms with Crippen molar-refractivity contribution in [2.45, 2.75) is 0 Å². The van der Waals surface area contributed by atoms with Gasteiger partial charge in [-0.15, -0.1) is 0 Å². The predicted octanol–water partition coefficient (Wildman–Crippen LogP) is 0.716. The van der Waals surface area contributed by atoms with Crippen LogP contribution in [-0.2, 0) is 0 Å². The topological polar surface area (TPSA) is 38.4 Å². The van der Waals surface area contributed by atoms with E-state index >= 15 is 0 Å². The van der Waals surface area contributed by atoms with E-state index in [4.69, 9.17) is 5.73 Å². The van der Waals surface area contributed by atoms with Crippen LogP contribution >= 0.6 is 0 Å². The average molecular weight is 110 g/mol. The van der Waals surface area contributed by atoms with E-state index in [1.54, 1.807) is 19.3 Å². The Morgan fingerprint density at radius 3 is 2.50 bits per heavy atom. The van der Waals surface area contributed by atoms with E-state index in [2.05, 4.69) is 11.6 Å². The first-order valence-electron chi connectivity index (χ1n) is 2.31. The molecule has 0 bridgehead atoms. The molecule has 2 heteroatoms. The Hall–Kier alpha value is -1.05. The molecule has 2 N–H and O–H groups in total. The summed E-state index contributed by atoms with van der Waals surface area (Å²) in [4.78, 5) is 3.73. The van der Waals surface area contributed by atoms with Crippen LogP contribution < -0.4 is 5.73 Å². The van der Waals surface area contributed by atoms with Crippen molar-refractivity contribution in [2.24, 2.45) is 10.7 Å². The Kier molecular flexibility index (Phi) is 3.58. The summed E-state index contributed by atoms with van der Waals surface area (Å²) in [5.41, 5.74) is 5.99. The van der Waals surface area contributed by atoms with Gasteiger partial charge in [-0.25, -0.2) is 0 Å². The minimum Gasteiger partial charge on any atom is -0.404 e. The molecule has 0 aliphatic rings. The molecule has 0 fully saturated rings. The molecule has 0 aliphatic heterocycles. The van der Waals surface area contributed by atoms with Crippen molar-refractivity contribution < 1.29 is 0 Å². The van der Waals surface area contributed by atoms with Crippen molar-refractivity contribution >= 4 is 6.21 Å². The third-order valence-corrected chi connectivity index (χ3v) is 0.706. The van der Waals surface area contributed by atoms with E-state index in [0.29, 0.717) is 0 Å². The van der Waals surface area contributed by atoms with Gasteiger partial charge in [0, 0.05) is 25.0 Å². The molecule has 0 aliphatic carbocycles. The molecule has 2 nitrogen and oxygen atoms in total. The van der Waals surface area contributed by atoms with E-state index < -0.39 is 0 Å². The quantitative estimate of drug-likeness (QED) is 0.412. The molecule has 0 saturated heterocycles. The molecule has 8 heavy (non-hydrogen) atoms. The first kappa shape index (κ1) is 6.95. The zero-order valence-corrected chi connectivity index (χ0v) is 4.96. The molecule has 0 aromatic carbocycles. The Bertz CT molecular complexity index is 122. The molecule has 0 radical (unpaired) electrons. The van der Waals surface area contributed by atoms with Crippen molar-refractivity contribution in [3.63, 3.8) is 0 Å². The zero-order valence-electron chi connectivity index (χ0n) is 4.96. The SMILES string of the molecule is C=C/C(C=NC)=C/N. The lowest BCUT2D eigenvalue weighted by atomic mass is 10.3. The Labute approximate surface area is 49.4 Å². The number of aliphatic imine (C=N–C) groups is 1. The number of nitrogens with zero attached hydrogens (tertiary/aromatic N) is 1. The summed E-state index contributed by atoms with van der Waals surface area (Å²) in [6.07, 6.45) is 4.75. The average Bonchev–Trinajstić information content (AvgIpc) is 1.83. The normalized spacial score (nSPS) is 12.4. The molecule has 0 heterocycles. The summed E-state index contributed by atoms with van der Waals surface area (Å²) in [7, 11) is 1.69. The summed E-state index contributed by atoms with van der Waals surface area (Å²) in [5, 5.41) is 0. The monoisotopic (exact) mass is 110 g/mol. The van der Waals surface area contributed by atoms with Crippen LogP contribution in [0.25, 0.3) is 0 Å². The molecule has 0 aromatic rings. The van der Waals surface area contributed by atoms with Crippen LogP contribution in [0.2, 0.25) is 0 Å². The summed E-state index contributed by atoms with van der Waals surface area (Å²) in [6.45, 7) is 3.51. The van der Waals surface area contributed by atoms with Gasteiger partial charge in [-0.1, -0.05) is 12.7 Å². The third kappa shape index (κ3) is 2.18. The molecule has 44 valence electrons. The van der Waals surface area contributed by atoms with Crippen molar-refractivity contribution in [2.75, 3.05) is 7.05 Å². The smallest absolute Gasteiger partial charge is 0.0295 e. The summed E-state index contributed by atoms with van der Waals surface area (Å²) < 4.78 is 0. The van der Waals surface area contributed by atoms with Crippen LogP contribution in [0.4, 0.5) is 0 Å². The van der Waals surface area contributed by atoms with E-state index in [1.807, 2.05) is 0 Å². The van der Waals surface area contributed by atoms with Crippen molar-refractivity contribution in [1.82, 2.24) is 0 Å². The minimum absolute atomic E-state index is 0.840. The lowest BCUT2D eigenvalue weighted by Gasteiger charge is -1.83. The lowest BCUT2D eigenvalue weighted by molar-refractivity contribution is 1.45. The molecule has 0 spiro atoms. The second kappa shape index (κ2) is 4.12. The van der Waals surface area contributed by atoms with Gasteiger partial charge in [0.05, 0.1) is 0 Å². The summed E-state index contributed by atoms with van der Waals surface area (Å²) in [6, 6.07) is 0. The van der Waals surface area contributed by atoms with Gasteiger partial charge in [0.25, 0.3) is 0 Å². The Morgan fingerprint density at radius 2 is 2.38 bits per heavy atom. The van der Waals surface area contributed by atoms with E-state index in [0.717, 1.165) is 5.57 Å². The van der Waals surface area contributed by atoms with Gasteiger partial charge in [0.1, 0.15) is 0 Å². The van der Waals surface area contributed by atoms with Gasteiger partial charge < -0.3 is 5.73 Å². The number of allylic oxidation sites excluding steroid dienone is 2. The molecule has 0 rings (SSSR count). The lowest BCUT2D eigenvalue weighted by Crippen LogP contribution is -1.85. The van der Waals surface area contributed by atoms with Crippen molar-refractivity contribution in [3.05, 3.63) is 24.4 Å². The molecule has 0 unspecified atom stereocenters. The second-order valence-corrected chi connectivity index (χ2v) is 1.26. The molecular formula is C6H10N2. The van der Waals surface area contributed by atoms with Crippen LogP contribution in [0.1, 0.15) is 0 Å². The van der Waals surface area contributed by atoms with E-state index in [-0.39, 0.29) is 0 Å². The van der Waals surface area contributed by atoms with Gasteiger partial charge in [0.2, 0.25) is 0 Å². The van der Waals surface area contributed by atoms with E-state index in [9.17, 15) is 0 Å². The molecular weight excluding hydrogens is 100 g/mol. The Morgan fingerprint density at radius 1 is 1.75 bits per heavy atom. The van der Waals surface area contributed by atoms with E-state index in [1.165, 1.54) is 6.20 Å². The number of hydrogen-bond acceptors (Lipinski definition) is 2. The predicted molar refractivity (Wildman–Crippen MR) is 36.9 cm³/mol. The van der Waals surface area contributed by atoms with Gasteiger partial charge in [-0.2, -0.15) is 0 Å². The fraction of sp³-hybridized carbons (Fsp3) is 0.167. The largest absolute Gasteiger partial charge is 0.404 e. The molecule has 0 saturated carbocycles. The summed E-state index contributed by atoms with van der Waals surface area (Å²) >= 11 is 0.